The molecular weight excluding hydrogens is 317 g/mol. The fourth-order valence-electron chi connectivity index (χ4n) is 3.32. The molecule has 1 aromatic rings. The van der Waals surface area contributed by atoms with E-state index in [1.807, 2.05) is 0 Å². The summed E-state index contributed by atoms with van der Waals surface area (Å²) in [5, 5.41) is 3.27. The Morgan fingerprint density at radius 3 is 2.32 bits per heavy atom. The Kier molecular flexibility index (Phi) is 3.73. The topological polar surface area (TPSA) is 58.2 Å². The molecule has 3 rings (SSSR count). The van der Waals surface area contributed by atoms with Crippen LogP contribution < -0.4 is 10.0 Å². The van der Waals surface area contributed by atoms with Gasteiger partial charge in [0.1, 0.15) is 0 Å². The van der Waals surface area contributed by atoms with Gasteiger partial charge in [0.15, 0.2) is 0 Å². The van der Waals surface area contributed by atoms with Gasteiger partial charge in [-0.3, -0.25) is 0 Å². The molecule has 0 aromatic heterocycles. The van der Waals surface area contributed by atoms with Crippen molar-refractivity contribution in [3.05, 3.63) is 29.8 Å². The smallest absolute Gasteiger partial charge is 0.316 e. The molecule has 1 aromatic carbocycles. The van der Waals surface area contributed by atoms with Crippen molar-refractivity contribution in [1.82, 2.24) is 10.0 Å². The molecule has 1 saturated heterocycles. The normalized spacial score (nSPS) is 28.8. The van der Waals surface area contributed by atoms with E-state index in [1.54, 1.807) is 0 Å². The lowest BCUT2D eigenvalue weighted by Crippen LogP contribution is -2.51. The largest absolute Gasteiger partial charge is 0.416 e. The number of nitrogens with one attached hydrogen (secondary N) is 2. The van der Waals surface area contributed by atoms with Crippen molar-refractivity contribution >= 4 is 10.0 Å². The van der Waals surface area contributed by atoms with Crippen LogP contribution in [-0.4, -0.2) is 27.5 Å². The molecule has 4 nitrogen and oxygen atoms in total. The van der Waals surface area contributed by atoms with Crippen molar-refractivity contribution in [2.45, 2.75) is 36.4 Å². The van der Waals surface area contributed by atoms with Crippen molar-refractivity contribution in [3.63, 3.8) is 0 Å². The first kappa shape index (κ1) is 15.8. The van der Waals surface area contributed by atoms with Crippen LogP contribution in [0, 0.1) is 5.41 Å². The molecule has 8 heteroatoms. The second kappa shape index (κ2) is 5.21. The first-order chi connectivity index (χ1) is 10.2. The van der Waals surface area contributed by atoms with E-state index in [9.17, 15) is 21.6 Å². The Morgan fingerprint density at radius 1 is 1.18 bits per heavy atom. The first-order valence-electron chi connectivity index (χ1n) is 7.11. The molecule has 0 amide bonds. The summed E-state index contributed by atoms with van der Waals surface area (Å²) in [6.07, 6.45) is -1.86. The molecule has 1 aliphatic heterocycles. The highest BCUT2D eigenvalue weighted by molar-refractivity contribution is 7.89. The maximum absolute atomic E-state index is 12.5. The molecule has 2 aliphatic rings. The molecule has 1 spiro atoms. The molecular formula is C14H17F3N2O2S. The molecule has 122 valence electrons. The lowest BCUT2D eigenvalue weighted by molar-refractivity contribution is -0.137. The van der Waals surface area contributed by atoms with Gasteiger partial charge in [-0.15, -0.1) is 0 Å². The van der Waals surface area contributed by atoms with E-state index in [4.69, 9.17) is 0 Å². The van der Waals surface area contributed by atoms with E-state index >= 15 is 0 Å². The molecule has 0 radical (unpaired) electrons. The van der Waals surface area contributed by atoms with Crippen LogP contribution in [0.25, 0.3) is 0 Å². The van der Waals surface area contributed by atoms with Crippen molar-refractivity contribution in [2.75, 3.05) is 13.1 Å². The number of sulfonamides is 1. The standard InChI is InChI=1S/C14H17F3N2O2S/c15-14(16,17)10-1-3-12(4-2-10)22(20,21)19-11-7-13(8-11)5-6-18-9-13/h1-4,11,18-19H,5-9H2. The molecule has 1 aliphatic carbocycles. The number of halogens is 3. The summed E-state index contributed by atoms with van der Waals surface area (Å²) in [6.45, 7) is 1.86. The Bertz CT molecular complexity index is 642. The van der Waals surface area contributed by atoms with Crippen LogP contribution in [0.15, 0.2) is 29.2 Å². The van der Waals surface area contributed by atoms with Gasteiger partial charge in [-0.1, -0.05) is 0 Å². The summed E-state index contributed by atoms with van der Waals surface area (Å²) in [6, 6.07) is 3.44. The minimum absolute atomic E-state index is 0.132. The predicted octanol–water partition coefficient (Wildman–Crippen LogP) is 2.13. The van der Waals surface area contributed by atoms with Crippen LogP contribution in [-0.2, 0) is 16.2 Å². The van der Waals surface area contributed by atoms with Gasteiger partial charge in [0.05, 0.1) is 10.5 Å². The summed E-state index contributed by atoms with van der Waals surface area (Å²) in [7, 11) is -3.77. The lowest BCUT2D eigenvalue weighted by atomic mass is 9.65. The maximum atomic E-state index is 12.5. The van der Waals surface area contributed by atoms with Crippen LogP contribution >= 0.6 is 0 Å². The number of hydrogen-bond donors (Lipinski definition) is 2. The van der Waals surface area contributed by atoms with Crippen LogP contribution in [0.2, 0.25) is 0 Å². The molecule has 0 bridgehead atoms. The fraction of sp³-hybridized carbons (Fsp3) is 0.571. The SMILES string of the molecule is O=S(=O)(NC1CC2(CCNC2)C1)c1ccc(C(F)(F)F)cc1. The molecule has 2 fully saturated rings. The van der Waals surface area contributed by atoms with Gasteiger partial charge in [0.2, 0.25) is 10.0 Å². The third-order valence-electron chi connectivity index (χ3n) is 4.50. The number of hydrogen-bond acceptors (Lipinski definition) is 3. The number of alkyl halides is 3. The van der Waals surface area contributed by atoms with Crippen LogP contribution in [0.1, 0.15) is 24.8 Å². The van der Waals surface area contributed by atoms with Crippen LogP contribution in [0.5, 0.6) is 0 Å². The van der Waals surface area contributed by atoms with Crippen LogP contribution in [0.3, 0.4) is 0 Å². The zero-order chi connectivity index (χ0) is 16.0. The van der Waals surface area contributed by atoms with E-state index in [0.717, 1.165) is 56.6 Å². The van der Waals surface area contributed by atoms with Gasteiger partial charge in [0, 0.05) is 12.6 Å². The van der Waals surface area contributed by atoms with E-state index < -0.39 is 21.8 Å². The Morgan fingerprint density at radius 2 is 1.82 bits per heavy atom. The maximum Gasteiger partial charge on any atom is 0.416 e. The zero-order valence-electron chi connectivity index (χ0n) is 11.8. The monoisotopic (exact) mass is 334 g/mol. The summed E-state index contributed by atoms with van der Waals surface area (Å²) < 4.78 is 64.4. The molecule has 1 saturated carbocycles. The van der Waals surface area contributed by atoms with E-state index in [1.165, 1.54) is 0 Å². The predicted molar refractivity (Wildman–Crippen MR) is 74.7 cm³/mol. The molecule has 0 atom stereocenters. The summed E-state index contributed by atoms with van der Waals surface area (Å²) in [5.41, 5.74) is -0.654. The lowest BCUT2D eigenvalue weighted by Gasteiger charge is -2.44. The average Bonchev–Trinajstić information content (AvgIpc) is 2.86. The van der Waals surface area contributed by atoms with Gasteiger partial charge in [-0.05, 0) is 55.5 Å². The Balaban J connectivity index is 1.66. The van der Waals surface area contributed by atoms with E-state index in [2.05, 4.69) is 10.0 Å². The van der Waals surface area contributed by atoms with Gasteiger partial charge in [0.25, 0.3) is 0 Å². The van der Waals surface area contributed by atoms with Gasteiger partial charge < -0.3 is 5.32 Å². The van der Waals surface area contributed by atoms with E-state index in [0.29, 0.717) is 0 Å². The zero-order valence-corrected chi connectivity index (χ0v) is 12.6. The van der Waals surface area contributed by atoms with Crippen molar-refractivity contribution in [2.24, 2.45) is 5.41 Å². The highest BCUT2D eigenvalue weighted by atomic mass is 32.2. The van der Waals surface area contributed by atoms with Crippen LogP contribution in [0.4, 0.5) is 13.2 Å². The number of rotatable bonds is 3. The number of benzene rings is 1. The Labute approximate surface area is 127 Å². The quantitative estimate of drug-likeness (QED) is 0.890. The first-order valence-corrected chi connectivity index (χ1v) is 8.59. The Hall–Kier alpha value is -1.12. The van der Waals surface area contributed by atoms with Gasteiger partial charge in [-0.2, -0.15) is 13.2 Å². The minimum atomic E-state index is -4.47. The third-order valence-corrected chi connectivity index (χ3v) is 6.04. The fourth-order valence-corrected chi connectivity index (χ4v) is 4.56. The summed E-state index contributed by atoms with van der Waals surface area (Å²) >= 11 is 0. The molecule has 0 unspecified atom stereocenters. The second-order valence-electron chi connectivity index (χ2n) is 6.18. The average molecular weight is 334 g/mol. The second-order valence-corrected chi connectivity index (χ2v) is 7.89. The minimum Gasteiger partial charge on any atom is -0.316 e. The highest BCUT2D eigenvalue weighted by Crippen LogP contribution is 2.46. The molecule has 2 N–H and O–H groups in total. The van der Waals surface area contributed by atoms with Gasteiger partial charge in [-0.25, -0.2) is 13.1 Å². The molecule has 22 heavy (non-hydrogen) atoms. The van der Waals surface area contributed by atoms with Crippen molar-refractivity contribution in [1.29, 1.82) is 0 Å². The summed E-state index contributed by atoms with van der Waals surface area (Å²) in [5.74, 6) is 0. The summed E-state index contributed by atoms with van der Waals surface area (Å²) in [4.78, 5) is -0.133. The highest BCUT2D eigenvalue weighted by Gasteiger charge is 2.47. The van der Waals surface area contributed by atoms with Gasteiger partial charge >= 0.3 is 6.18 Å². The van der Waals surface area contributed by atoms with E-state index in [-0.39, 0.29) is 16.4 Å². The third kappa shape index (κ3) is 3.00. The van der Waals surface area contributed by atoms with Crippen molar-refractivity contribution < 1.29 is 21.6 Å². The van der Waals surface area contributed by atoms with Crippen molar-refractivity contribution in [3.8, 4) is 0 Å². The molecule has 1 heterocycles.